The van der Waals surface area contributed by atoms with E-state index in [0.717, 1.165) is 12.8 Å². The lowest BCUT2D eigenvalue weighted by Crippen LogP contribution is -2.69. The molecule has 2 amide bonds. The number of fused-ring (bicyclic) bond motifs is 3. The van der Waals surface area contributed by atoms with Crippen molar-refractivity contribution < 1.29 is 49.1 Å². The number of Topliss-reactive ketones (excluding diaryl/α,β-unsaturated/α-hetero) is 2. The summed E-state index contributed by atoms with van der Waals surface area (Å²) >= 11 is 0. The van der Waals surface area contributed by atoms with Crippen molar-refractivity contribution >= 4 is 35.0 Å². The van der Waals surface area contributed by atoms with Gasteiger partial charge in [-0.15, -0.1) is 0 Å². The number of amides is 2. The van der Waals surface area contributed by atoms with E-state index >= 15 is 0 Å². The van der Waals surface area contributed by atoms with Gasteiger partial charge in [0.25, 0.3) is 5.91 Å². The van der Waals surface area contributed by atoms with E-state index in [-0.39, 0.29) is 35.1 Å². The zero-order valence-corrected chi connectivity index (χ0v) is 24.9. The summed E-state index contributed by atoms with van der Waals surface area (Å²) in [5.41, 5.74) is 1.14. The topological polar surface area (TPSA) is 217 Å². The Morgan fingerprint density at radius 1 is 1.11 bits per heavy atom. The molecule has 6 atom stereocenters. The van der Waals surface area contributed by atoms with Crippen molar-refractivity contribution in [1.82, 2.24) is 4.90 Å². The van der Waals surface area contributed by atoms with Crippen molar-refractivity contribution in [1.29, 1.82) is 0 Å². The van der Waals surface area contributed by atoms with Crippen molar-refractivity contribution in [2.24, 2.45) is 23.5 Å². The molecule has 236 valence electrons. The SMILES string of the molecule is CCC(=O)OC1C2C(=C(O)C3(O)C(=O)C(C(N)=O)=C(O)C(N(C)C)C13)C(=O)c1c(O)ccc(NC(=O)C3CCCC3)c1C2C. The third-order valence-electron chi connectivity index (χ3n) is 9.62. The molecule has 7 N–H and O–H groups in total. The molecule has 44 heavy (non-hydrogen) atoms. The van der Waals surface area contributed by atoms with E-state index in [1.807, 2.05) is 0 Å². The third kappa shape index (κ3) is 4.40. The summed E-state index contributed by atoms with van der Waals surface area (Å²) in [6.45, 7) is 3.16. The first-order valence-corrected chi connectivity index (χ1v) is 14.7. The Balaban J connectivity index is 1.78. The molecular weight excluding hydrogens is 574 g/mol. The summed E-state index contributed by atoms with van der Waals surface area (Å²) in [5.74, 6) is -11.0. The van der Waals surface area contributed by atoms with Crippen LogP contribution in [-0.2, 0) is 23.9 Å². The molecule has 13 heteroatoms. The minimum Gasteiger partial charge on any atom is -0.510 e. The van der Waals surface area contributed by atoms with Gasteiger partial charge >= 0.3 is 5.97 Å². The van der Waals surface area contributed by atoms with Gasteiger partial charge in [-0.1, -0.05) is 26.7 Å². The number of hydrogen-bond acceptors (Lipinski definition) is 11. The average molecular weight is 612 g/mol. The van der Waals surface area contributed by atoms with Crippen molar-refractivity contribution in [3.63, 3.8) is 0 Å². The molecule has 1 fully saturated rings. The number of aromatic hydroxyl groups is 1. The molecular formula is C31H37N3O10. The highest BCUT2D eigenvalue weighted by atomic mass is 16.5. The second kappa shape index (κ2) is 11.0. The Bertz CT molecular complexity index is 1540. The van der Waals surface area contributed by atoms with Gasteiger partial charge in [0.2, 0.25) is 11.7 Å². The Hall–Kier alpha value is -4.23. The number of phenols is 1. The molecule has 0 aliphatic heterocycles. The summed E-state index contributed by atoms with van der Waals surface area (Å²) < 4.78 is 5.86. The first kappa shape index (κ1) is 31.2. The number of ether oxygens (including phenoxy) is 1. The van der Waals surface area contributed by atoms with Crippen LogP contribution in [0, 0.1) is 17.8 Å². The van der Waals surface area contributed by atoms with Gasteiger partial charge in [0, 0.05) is 29.5 Å². The van der Waals surface area contributed by atoms with Gasteiger partial charge in [-0.3, -0.25) is 28.9 Å². The smallest absolute Gasteiger partial charge is 0.305 e. The fourth-order valence-electron chi connectivity index (χ4n) is 7.58. The monoisotopic (exact) mass is 611 g/mol. The van der Waals surface area contributed by atoms with Crippen molar-refractivity contribution in [3.8, 4) is 5.75 Å². The number of nitrogens with zero attached hydrogens (tertiary/aromatic N) is 1. The Kier molecular flexibility index (Phi) is 7.83. The normalized spacial score (nSPS) is 30.2. The summed E-state index contributed by atoms with van der Waals surface area (Å²) in [6.07, 6.45) is 1.61. The summed E-state index contributed by atoms with van der Waals surface area (Å²) in [6, 6.07) is 1.31. The van der Waals surface area contributed by atoms with Gasteiger partial charge in [-0.05, 0) is 50.6 Å². The number of phenolic OH excluding ortho intramolecular Hbond substituents is 1. The van der Waals surface area contributed by atoms with Crippen molar-refractivity contribution in [2.75, 3.05) is 19.4 Å². The molecule has 0 spiro atoms. The maximum absolute atomic E-state index is 14.2. The lowest BCUT2D eigenvalue weighted by molar-refractivity contribution is -0.180. The number of aliphatic hydroxyl groups is 3. The number of anilines is 1. The number of nitrogens with one attached hydrogen (secondary N) is 1. The van der Waals surface area contributed by atoms with Crippen LogP contribution < -0.4 is 11.1 Å². The van der Waals surface area contributed by atoms with E-state index < -0.39 is 87.4 Å². The molecule has 0 heterocycles. The van der Waals surface area contributed by atoms with Crippen LogP contribution in [0.4, 0.5) is 5.69 Å². The molecule has 4 aliphatic carbocycles. The first-order chi connectivity index (χ1) is 20.7. The van der Waals surface area contributed by atoms with Crippen LogP contribution in [0.25, 0.3) is 0 Å². The fourth-order valence-corrected chi connectivity index (χ4v) is 7.58. The van der Waals surface area contributed by atoms with Crippen LogP contribution in [0.5, 0.6) is 5.75 Å². The zero-order chi connectivity index (χ0) is 32.4. The highest BCUT2D eigenvalue weighted by Crippen LogP contribution is 2.57. The van der Waals surface area contributed by atoms with Crippen LogP contribution in [-0.4, -0.2) is 86.5 Å². The van der Waals surface area contributed by atoms with E-state index in [4.69, 9.17) is 10.5 Å². The third-order valence-corrected chi connectivity index (χ3v) is 9.62. The summed E-state index contributed by atoms with van der Waals surface area (Å²) in [5, 5.41) is 48.7. The van der Waals surface area contributed by atoms with E-state index in [1.54, 1.807) is 6.92 Å². The van der Waals surface area contributed by atoms with Crippen molar-refractivity contribution in [3.05, 3.63) is 45.9 Å². The fraction of sp³-hybridized carbons (Fsp3) is 0.516. The number of aliphatic hydroxyl groups excluding tert-OH is 2. The minimum absolute atomic E-state index is 0.128. The van der Waals surface area contributed by atoms with E-state index in [1.165, 1.54) is 38.1 Å². The van der Waals surface area contributed by atoms with Crippen LogP contribution in [0.15, 0.2) is 34.8 Å². The Labute approximate surface area is 253 Å². The van der Waals surface area contributed by atoms with Crippen LogP contribution in [0.1, 0.15) is 67.8 Å². The van der Waals surface area contributed by atoms with Gasteiger partial charge in [-0.25, -0.2) is 0 Å². The number of likely N-dealkylation sites (N-methyl/N-ethyl adjacent to an activating group) is 1. The zero-order valence-electron chi connectivity index (χ0n) is 24.9. The molecule has 6 unspecified atom stereocenters. The molecule has 1 saturated carbocycles. The number of carbonyl (C=O) groups is 5. The molecule has 0 aromatic heterocycles. The van der Waals surface area contributed by atoms with E-state index in [0.29, 0.717) is 12.8 Å². The minimum atomic E-state index is -3.02. The number of esters is 1. The number of carbonyl (C=O) groups excluding carboxylic acids is 5. The maximum Gasteiger partial charge on any atom is 0.305 e. The Morgan fingerprint density at radius 2 is 1.75 bits per heavy atom. The van der Waals surface area contributed by atoms with E-state index in [2.05, 4.69) is 5.32 Å². The molecule has 1 aromatic rings. The second-order valence-corrected chi connectivity index (χ2v) is 12.3. The number of rotatable bonds is 6. The summed E-state index contributed by atoms with van der Waals surface area (Å²) in [7, 11) is 2.95. The number of hydrogen-bond donors (Lipinski definition) is 6. The van der Waals surface area contributed by atoms with Crippen LogP contribution in [0.2, 0.25) is 0 Å². The predicted octanol–water partition coefficient (Wildman–Crippen LogP) is 1.74. The predicted molar refractivity (Wildman–Crippen MR) is 155 cm³/mol. The van der Waals surface area contributed by atoms with Crippen LogP contribution in [0.3, 0.4) is 0 Å². The molecule has 0 radical (unpaired) electrons. The highest BCUT2D eigenvalue weighted by Gasteiger charge is 2.68. The second-order valence-electron chi connectivity index (χ2n) is 12.3. The molecule has 4 aliphatic rings. The lowest BCUT2D eigenvalue weighted by atomic mass is 9.55. The van der Waals surface area contributed by atoms with Crippen molar-refractivity contribution in [2.45, 2.75) is 69.6 Å². The standard InChI is InChI=1S/C31H37N3O10/c1-5-16(36)44-26-18-12(2)17-14(33-30(42)13-8-6-7-9-13)10-11-15(35)19(17)24(37)20(18)27(39)31(43)22(26)23(34(3)4)25(38)21(28(31)40)29(32)41/h10-13,18,22-23,26,35,38-39,43H,5-9H2,1-4H3,(H2,32,41)(H,33,42). The van der Waals surface area contributed by atoms with E-state index in [9.17, 15) is 44.4 Å². The maximum atomic E-state index is 14.2. The highest BCUT2D eigenvalue weighted by molar-refractivity contribution is 6.25. The number of ketones is 2. The first-order valence-electron chi connectivity index (χ1n) is 14.7. The lowest BCUT2D eigenvalue weighted by Gasteiger charge is -2.54. The summed E-state index contributed by atoms with van der Waals surface area (Å²) in [4.78, 5) is 67.7. The van der Waals surface area contributed by atoms with Crippen LogP contribution >= 0.6 is 0 Å². The molecule has 1 aromatic carbocycles. The number of nitrogens with two attached hydrogens (primary N) is 1. The van der Waals surface area contributed by atoms with Gasteiger partial charge < -0.3 is 36.2 Å². The molecule has 0 saturated heterocycles. The number of primary amides is 1. The van der Waals surface area contributed by atoms with Gasteiger partial charge in [0.05, 0.1) is 17.5 Å². The molecule has 0 bridgehead atoms. The molecule has 13 nitrogen and oxygen atoms in total. The Morgan fingerprint density at radius 3 is 2.32 bits per heavy atom. The largest absolute Gasteiger partial charge is 0.510 e. The van der Waals surface area contributed by atoms with Gasteiger partial charge in [0.1, 0.15) is 28.9 Å². The number of benzene rings is 1. The average Bonchev–Trinajstić information content (AvgIpc) is 3.50. The molecule has 5 rings (SSSR count). The van der Waals surface area contributed by atoms with Gasteiger partial charge in [0.15, 0.2) is 11.4 Å². The van der Waals surface area contributed by atoms with Gasteiger partial charge in [-0.2, -0.15) is 0 Å². The quantitative estimate of drug-likeness (QED) is 0.155.